The van der Waals surface area contributed by atoms with Crippen LogP contribution >= 0.6 is 0 Å². The summed E-state index contributed by atoms with van der Waals surface area (Å²) in [4.78, 5) is 14.7. The highest BCUT2D eigenvalue weighted by Gasteiger charge is 2.29. The maximum absolute atomic E-state index is 12.1. The summed E-state index contributed by atoms with van der Waals surface area (Å²) in [6, 6.07) is -0.506. The monoisotopic (exact) mass is 285 g/mol. The Morgan fingerprint density at radius 1 is 1.53 bits per heavy atom. The first-order chi connectivity index (χ1) is 8.79. The standard InChI is InChI=1S/C11H15N3O4S/c1-7-12-10(6-14(7)2)19(17,18)13-9-4-3-8(5-9)11(15)16/h3-4,6,8-9,13H,5H2,1-2H3,(H,15,16). The van der Waals surface area contributed by atoms with Crippen LogP contribution in [0.25, 0.3) is 0 Å². The van der Waals surface area contributed by atoms with Crippen molar-refractivity contribution in [1.29, 1.82) is 0 Å². The van der Waals surface area contributed by atoms with E-state index in [9.17, 15) is 13.2 Å². The molecule has 0 saturated heterocycles. The first kappa shape index (κ1) is 13.8. The molecule has 1 aliphatic carbocycles. The van der Waals surface area contributed by atoms with E-state index in [1.165, 1.54) is 12.3 Å². The number of carboxylic acids is 1. The molecule has 0 saturated carbocycles. The Bertz CT molecular complexity index is 613. The number of nitrogens with one attached hydrogen (secondary N) is 1. The first-order valence-electron chi connectivity index (χ1n) is 5.73. The molecule has 7 nitrogen and oxygen atoms in total. The molecule has 0 bridgehead atoms. The quantitative estimate of drug-likeness (QED) is 0.760. The molecule has 2 atom stereocenters. The third kappa shape index (κ3) is 2.85. The maximum atomic E-state index is 12.1. The van der Waals surface area contributed by atoms with Gasteiger partial charge >= 0.3 is 5.97 Å². The van der Waals surface area contributed by atoms with Crippen LogP contribution in [0.1, 0.15) is 12.2 Å². The number of aryl methyl sites for hydroxylation is 2. The molecule has 0 radical (unpaired) electrons. The number of sulfonamides is 1. The summed E-state index contributed by atoms with van der Waals surface area (Å²) in [7, 11) is -2.01. The van der Waals surface area contributed by atoms with Crippen LogP contribution in [-0.2, 0) is 21.9 Å². The number of carboxylic acid groups (broad SMARTS) is 1. The summed E-state index contributed by atoms with van der Waals surface area (Å²) in [5, 5.41) is 8.79. The Kier molecular flexibility index (Phi) is 3.46. The van der Waals surface area contributed by atoms with Crippen LogP contribution in [0.3, 0.4) is 0 Å². The number of carbonyl (C=O) groups is 1. The normalized spacial score (nSPS) is 22.8. The van der Waals surface area contributed by atoms with Gasteiger partial charge in [0.2, 0.25) is 0 Å². The van der Waals surface area contributed by atoms with Gasteiger partial charge in [-0.1, -0.05) is 12.2 Å². The van der Waals surface area contributed by atoms with E-state index in [1.807, 2.05) is 0 Å². The fourth-order valence-electron chi connectivity index (χ4n) is 1.88. The highest BCUT2D eigenvalue weighted by atomic mass is 32.2. The highest BCUT2D eigenvalue weighted by Crippen LogP contribution is 2.20. The van der Waals surface area contributed by atoms with Gasteiger partial charge in [0.05, 0.1) is 5.92 Å². The topological polar surface area (TPSA) is 101 Å². The molecular weight excluding hydrogens is 270 g/mol. The third-order valence-electron chi connectivity index (χ3n) is 3.07. The molecule has 2 unspecified atom stereocenters. The molecule has 0 amide bonds. The lowest BCUT2D eigenvalue weighted by molar-refractivity contribution is -0.140. The molecule has 8 heteroatoms. The molecule has 19 heavy (non-hydrogen) atoms. The van der Waals surface area contributed by atoms with Gasteiger partial charge in [0.15, 0.2) is 5.03 Å². The lowest BCUT2D eigenvalue weighted by Gasteiger charge is -2.10. The van der Waals surface area contributed by atoms with Gasteiger partial charge in [-0.05, 0) is 13.3 Å². The van der Waals surface area contributed by atoms with Crippen LogP contribution in [-0.4, -0.2) is 35.1 Å². The molecule has 0 aromatic carbocycles. The van der Waals surface area contributed by atoms with Crippen molar-refractivity contribution in [2.75, 3.05) is 0 Å². The smallest absolute Gasteiger partial charge is 0.310 e. The van der Waals surface area contributed by atoms with E-state index in [1.54, 1.807) is 24.6 Å². The van der Waals surface area contributed by atoms with E-state index in [2.05, 4.69) is 9.71 Å². The largest absolute Gasteiger partial charge is 0.481 e. The Morgan fingerprint density at radius 2 is 2.21 bits per heavy atom. The van der Waals surface area contributed by atoms with Gasteiger partial charge in [-0.25, -0.2) is 18.1 Å². The summed E-state index contributed by atoms with van der Waals surface area (Å²) in [5.74, 6) is -1.00. The van der Waals surface area contributed by atoms with Gasteiger partial charge in [-0.3, -0.25) is 4.79 Å². The second-order valence-electron chi connectivity index (χ2n) is 4.53. The average Bonchev–Trinajstić information content (AvgIpc) is 2.87. The molecule has 0 aliphatic heterocycles. The predicted molar refractivity (Wildman–Crippen MR) is 66.9 cm³/mol. The minimum Gasteiger partial charge on any atom is -0.481 e. The van der Waals surface area contributed by atoms with Crippen molar-refractivity contribution in [3.05, 3.63) is 24.2 Å². The van der Waals surface area contributed by atoms with Gasteiger partial charge in [-0.2, -0.15) is 0 Å². The van der Waals surface area contributed by atoms with Crippen molar-refractivity contribution in [2.24, 2.45) is 13.0 Å². The van der Waals surface area contributed by atoms with Crippen LogP contribution < -0.4 is 4.72 Å². The van der Waals surface area contributed by atoms with Gasteiger partial charge in [0, 0.05) is 19.3 Å². The van der Waals surface area contributed by atoms with Crippen LogP contribution in [0.4, 0.5) is 0 Å². The summed E-state index contributed by atoms with van der Waals surface area (Å²) in [6.07, 6.45) is 4.71. The minimum absolute atomic E-state index is 0.0559. The van der Waals surface area contributed by atoms with Crippen molar-refractivity contribution in [2.45, 2.75) is 24.4 Å². The Hall–Kier alpha value is -1.67. The van der Waals surface area contributed by atoms with Gasteiger partial charge in [0.25, 0.3) is 10.0 Å². The second kappa shape index (κ2) is 4.78. The molecule has 1 aromatic rings. The highest BCUT2D eigenvalue weighted by molar-refractivity contribution is 7.89. The summed E-state index contributed by atoms with van der Waals surface area (Å²) in [6.45, 7) is 1.70. The second-order valence-corrected chi connectivity index (χ2v) is 6.19. The molecule has 1 aliphatic rings. The van der Waals surface area contributed by atoms with Gasteiger partial charge < -0.3 is 9.67 Å². The van der Waals surface area contributed by atoms with E-state index in [4.69, 9.17) is 5.11 Å². The Labute approximate surface area is 111 Å². The van der Waals surface area contributed by atoms with E-state index >= 15 is 0 Å². The Morgan fingerprint density at radius 3 is 2.68 bits per heavy atom. The fourth-order valence-corrected chi connectivity index (χ4v) is 3.13. The molecule has 0 spiro atoms. The fraction of sp³-hybridized carbons (Fsp3) is 0.455. The van der Waals surface area contributed by atoms with Crippen molar-refractivity contribution in [3.8, 4) is 0 Å². The van der Waals surface area contributed by atoms with Gasteiger partial charge in [-0.15, -0.1) is 0 Å². The zero-order valence-corrected chi connectivity index (χ0v) is 11.4. The van der Waals surface area contributed by atoms with Crippen molar-refractivity contribution in [3.63, 3.8) is 0 Å². The van der Waals surface area contributed by atoms with Crippen LogP contribution in [0.2, 0.25) is 0 Å². The summed E-state index contributed by atoms with van der Waals surface area (Å²) in [5.41, 5.74) is 0. The molecule has 0 fully saturated rings. The lowest BCUT2D eigenvalue weighted by Crippen LogP contribution is -2.33. The third-order valence-corrected chi connectivity index (χ3v) is 4.43. The number of nitrogens with zero attached hydrogens (tertiary/aromatic N) is 2. The van der Waals surface area contributed by atoms with E-state index < -0.39 is 28.0 Å². The number of imidazole rings is 1. The number of aromatic nitrogens is 2. The van der Waals surface area contributed by atoms with Crippen LogP contribution in [0.5, 0.6) is 0 Å². The molecule has 2 rings (SSSR count). The first-order valence-corrected chi connectivity index (χ1v) is 7.21. The maximum Gasteiger partial charge on any atom is 0.310 e. The lowest BCUT2D eigenvalue weighted by atomic mass is 10.1. The van der Waals surface area contributed by atoms with E-state index in [-0.39, 0.29) is 11.4 Å². The van der Waals surface area contributed by atoms with Crippen molar-refractivity contribution < 1.29 is 18.3 Å². The SMILES string of the molecule is Cc1nc(S(=O)(=O)NC2C=CC(C(=O)O)C2)cn1C. The number of hydrogen-bond donors (Lipinski definition) is 2. The zero-order chi connectivity index (χ0) is 14.2. The van der Waals surface area contributed by atoms with Crippen LogP contribution in [0, 0.1) is 12.8 Å². The molecular formula is C11H15N3O4S. The molecule has 1 heterocycles. The molecule has 1 aromatic heterocycles. The number of rotatable bonds is 4. The van der Waals surface area contributed by atoms with Gasteiger partial charge in [0.1, 0.15) is 5.82 Å². The van der Waals surface area contributed by atoms with Crippen molar-refractivity contribution in [1.82, 2.24) is 14.3 Å². The minimum atomic E-state index is -3.72. The molecule has 104 valence electrons. The van der Waals surface area contributed by atoms with E-state index in [0.29, 0.717) is 5.82 Å². The number of aliphatic carboxylic acids is 1. The zero-order valence-electron chi connectivity index (χ0n) is 10.6. The number of hydrogen-bond acceptors (Lipinski definition) is 4. The summed E-state index contributed by atoms with van der Waals surface area (Å²) >= 11 is 0. The predicted octanol–water partition coefficient (Wildman–Crippen LogP) is 0.0361. The summed E-state index contributed by atoms with van der Waals surface area (Å²) < 4.78 is 28.2. The molecule has 2 N–H and O–H groups in total. The van der Waals surface area contributed by atoms with Crippen molar-refractivity contribution >= 4 is 16.0 Å². The van der Waals surface area contributed by atoms with Crippen LogP contribution in [0.15, 0.2) is 23.4 Å². The van der Waals surface area contributed by atoms with E-state index in [0.717, 1.165) is 0 Å². The average molecular weight is 285 g/mol. The Balaban J connectivity index is 2.11.